The van der Waals surface area contributed by atoms with Crippen molar-refractivity contribution in [1.82, 2.24) is 4.90 Å². The molecule has 1 aromatic carbocycles. The zero-order chi connectivity index (χ0) is 17.2. The molecular weight excluding hydrogens is 338 g/mol. The largest absolute Gasteiger partial charge is 0.484 e. The second kappa shape index (κ2) is 7.09. The molecule has 0 radical (unpaired) electrons. The molecule has 1 aromatic rings. The van der Waals surface area contributed by atoms with Crippen LogP contribution in [0.1, 0.15) is 24.5 Å². The van der Waals surface area contributed by atoms with Gasteiger partial charge in [0.25, 0.3) is 5.91 Å². The van der Waals surface area contributed by atoms with Crippen molar-refractivity contribution < 1.29 is 17.9 Å². The lowest BCUT2D eigenvalue weighted by Crippen LogP contribution is -2.43. The van der Waals surface area contributed by atoms with E-state index in [1.165, 1.54) is 0 Å². The normalized spacial score (nSPS) is 19.6. The van der Waals surface area contributed by atoms with Crippen molar-refractivity contribution in [3.05, 3.63) is 28.3 Å². The van der Waals surface area contributed by atoms with Gasteiger partial charge in [-0.3, -0.25) is 4.79 Å². The number of benzene rings is 1. The van der Waals surface area contributed by atoms with Crippen LogP contribution >= 0.6 is 11.6 Å². The molecule has 0 saturated carbocycles. The van der Waals surface area contributed by atoms with Gasteiger partial charge in [-0.1, -0.05) is 11.6 Å². The fraction of sp³-hybridized carbons (Fsp3) is 0.562. The molecule has 1 saturated heterocycles. The monoisotopic (exact) mass is 359 g/mol. The number of carbonyl (C=O) groups excluding carboxylic acids is 1. The summed E-state index contributed by atoms with van der Waals surface area (Å²) >= 11 is 6.11. The van der Waals surface area contributed by atoms with Crippen LogP contribution < -0.4 is 4.74 Å². The molecule has 7 heteroatoms. The van der Waals surface area contributed by atoms with Crippen LogP contribution in [0.5, 0.6) is 5.75 Å². The molecule has 1 amide bonds. The molecule has 1 heterocycles. The van der Waals surface area contributed by atoms with Gasteiger partial charge < -0.3 is 9.64 Å². The standard InChI is InChI=1S/C16H22ClNO4S/c1-4-18(13-5-6-23(20,21)10-13)15(19)9-22-14-7-11(2)16(17)12(3)8-14/h7-8,13H,4-6,9-10H2,1-3H3. The van der Waals surface area contributed by atoms with Gasteiger partial charge in [0.15, 0.2) is 16.4 Å². The first-order chi connectivity index (χ1) is 10.7. The maximum Gasteiger partial charge on any atom is 0.260 e. The number of likely N-dealkylation sites (N-methyl/N-ethyl adjacent to an activating group) is 1. The quantitative estimate of drug-likeness (QED) is 0.809. The number of hydrogen-bond donors (Lipinski definition) is 0. The molecule has 0 spiro atoms. The highest BCUT2D eigenvalue weighted by atomic mass is 35.5. The molecule has 0 aliphatic carbocycles. The molecule has 5 nitrogen and oxygen atoms in total. The predicted molar refractivity (Wildman–Crippen MR) is 90.9 cm³/mol. The van der Waals surface area contributed by atoms with Gasteiger partial charge in [-0.2, -0.15) is 0 Å². The van der Waals surface area contributed by atoms with E-state index in [4.69, 9.17) is 16.3 Å². The van der Waals surface area contributed by atoms with Crippen molar-refractivity contribution >= 4 is 27.3 Å². The highest BCUT2D eigenvalue weighted by Gasteiger charge is 2.33. The molecular formula is C16H22ClNO4S. The minimum absolute atomic E-state index is 0.0474. The van der Waals surface area contributed by atoms with Crippen LogP contribution in [0.2, 0.25) is 5.02 Å². The number of rotatable bonds is 5. The smallest absolute Gasteiger partial charge is 0.260 e. The van der Waals surface area contributed by atoms with Crippen LogP contribution in [0.25, 0.3) is 0 Å². The van der Waals surface area contributed by atoms with Gasteiger partial charge in [0.1, 0.15) is 5.75 Å². The molecule has 0 bridgehead atoms. The Kier molecular flexibility index (Phi) is 5.57. The topological polar surface area (TPSA) is 63.7 Å². The van der Waals surface area contributed by atoms with E-state index < -0.39 is 9.84 Å². The molecule has 0 aromatic heterocycles. The van der Waals surface area contributed by atoms with Crippen LogP contribution in [-0.4, -0.2) is 49.9 Å². The van der Waals surface area contributed by atoms with E-state index in [1.807, 2.05) is 20.8 Å². The number of nitrogens with zero attached hydrogens (tertiary/aromatic N) is 1. The van der Waals surface area contributed by atoms with E-state index in [2.05, 4.69) is 0 Å². The average molecular weight is 360 g/mol. The minimum atomic E-state index is -3.02. The number of amides is 1. The highest BCUT2D eigenvalue weighted by Crippen LogP contribution is 2.26. The Balaban J connectivity index is 2.01. The lowest BCUT2D eigenvalue weighted by Gasteiger charge is -2.26. The SMILES string of the molecule is CCN(C(=O)COc1cc(C)c(Cl)c(C)c1)C1CCS(=O)(=O)C1. The van der Waals surface area contributed by atoms with E-state index in [1.54, 1.807) is 17.0 Å². The molecule has 23 heavy (non-hydrogen) atoms. The molecule has 1 aliphatic rings. The Morgan fingerprint density at radius 1 is 1.35 bits per heavy atom. The van der Waals surface area contributed by atoms with Crippen molar-refractivity contribution in [2.45, 2.75) is 33.2 Å². The Bertz CT molecular complexity index is 679. The summed E-state index contributed by atoms with van der Waals surface area (Å²) in [4.78, 5) is 14.0. The summed E-state index contributed by atoms with van der Waals surface area (Å²) in [7, 11) is -3.02. The molecule has 2 rings (SSSR count). The van der Waals surface area contributed by atoms with Crippen molar-refractivity contribution in [1.29, 1.82) is 0 Å². The first kappa shape index (κ1) is 18.1. The van der Waals surface area contributed by atoms with E-state index >= 15 is 0 Å². The van der Waals surface area contributed by atoms with Crippen molar-refractivity contribution in [2.24, 2.45) is 0 Å². The molecule has 0 N–H and O–H groups in total. The summed E-state index contributed by atoms with van der Waals surface area (Å²) < 4.78 is 28.8. The van der Waals surface area contributed by atoms with Crippen LogP contribution in [0.15, 0.2) is 12.1 Å². The van der Waals surface area contributed by atoms with Crippen molar-refractivity contribution in [3.8, 4) is 5.75 Å². The second-order valence-electron chi connectivity index (χ2n) is 5.90. The summed E-state index contributed by atoms with van der Waals surface area (Å²) in [5.41, 5.74) is 1.78. The summed E-state index contributed by atoms with van der Waals surface area (Å²) in [5.74, 6) is 0.594. The maximum absolute atomic E-state index is 12.4. The fourth-order valence-electron chi connectivity index (χ4n) is 2.88. The Labute approximate surface area is 142 Å². The lowest BCUT2D eigenvalue weighted by molar-refractivity contribution is -0.135. The van der Waals surface area contributed by atoms with E-state index in [9.17, 15) is 13.2 Å². The van der Waals surface area contributed by atoms with Gasteiger partial charge >= 0.3 is 0 Å². The number of ether oxygens (including phenoxy) is 1. The number of aryl methyl sites for hydroxylation is 2. The second-order valence-corrected chi connectivity index (χ2v) is 8.50. The number of sulfone groups is 1. The van der Waals surface area contributed by atoms with E-state index in [-0.39, 0.29) is 30.1 Å². The maximum atomic E-state index is 12.4. The molecule has 1 unspecified atom stereocenters. The third kappa shape index (κ3) is 4.38. The first-order valence-corrected chi connectivity index (χ1v) is 9.83. The van der Waals surface area contributed by atoms with Crippen LogP contribution in [-0.2, 0) is 14.6 Å². The van der Waals surface area contributed by atoms with Crippen LogP contribution in [0.4, 0.5) is 0 Å². The molecule has 1 fully saturated rings. The summed E-state index contributed by atoms with van der Waals surface area (Å²) in [5, 5.41) is 0.690. The Hall–Kier alpha value is -1.27. The lowest BCUT2D eigenvalue weighted by atomic mass is 10.1. The van der Waals surface area contributed by atoms with Gasteiger partial charge in [0.2, 0.25) is 0 Å². The summed E-state index contributed by atoms with van der Waals surface area (Å²) in [6.45, 7) is 5.98. The van der Waals surface area contributed by atoms with Crippen LogP contribution in [0.3, 0.4) is 0 Å². The van der Waals surface area contributed by atoms with Crippen molar-refractivity contribution in [3.63, 3.8) is 0 Å². The molecule has 1 aliphatic heterocycles. The Morgan fingerprint density at radius 3 is 2.43 bits per heavy atom. The fourth-order valence-corrected chi connectivity index (χ4v) is 4.72. The first-order valence-electron chi connectivity index (χ1n) is 7.63. The highest BCUT2D eigenvalue weighted by molar-refractivity contribution is 7.91. The van der Waals surface area contributed by atoms with E-state index in [0.717, 1.165) is 11.1 Å². The van der Waals surface area contributed by atoms with Gasteiger partial charge in [-0.25, -0.2) is 8.42 Å². The average Bonchev–Trinajstić information content (AvgIpc) is 2.83. The molecule has 128 valence electrons. The third-order valence-electron chi connectivity index (χ3n) is 4.08. The van der Waals surface area contributed by atoms with Gasteiger partial charge in [-0.15, -0.1) is 0 Å². The summed E-state index contributed by atoms with van der Waals surface area (Å²) in [6, 6.07) is 3.34. The Morgan fingerprint density at radius 2 is 1.96 bits per heavy atom. The summed E-state index contributed by atoms with van der Waals surface area (Å²) in [6.07, 6.45) is 0.501. The number of carbonyl (C=O) groups is 1. The third-order valence-corrected chi connectivity index (χ3v) is 6.43. The zero-order valence-corrected chi connectivity index (χ0v) is 15.2. The van der Waals surface area contributed by atoms with Crippen LogP contribution in [0, 0.1) is 13.8 Å². The van der Waals surface area contributed by atoms with Gasteiger partial charge in [0.05, 0.1) is 11.5 Å². The van der Waals surface area contributed by atoms with Crippen molar-refractivity contribution in [2.75, 3.05) is 24.7 Å². The van der Waals surface area contributed by atoms with Gasteiger partial charge in [-0.05, 0) is 50.5 Å². The minimum Gasteiger partial charge on any atom is -0.484 e. The predicted octanol–water partition coefficient (Wildman–Crippen LogP) is 2.37. The number of halogens is 1. The molecule has 1 atom stereocenters. The van der Waals surface area contributed by atoms with Gasteiger partial charge in [0, 0.05) is 17.6 Å². The van der Waals surface area contributed by atoms with E-state index in [0.29, 0.717) is 23.7 Å². The zero-order valence-electron chi connectivity index (χ0n) is 13.6. The number of hydrogen-bond acceptors (Lipinski definition) is 4.